The number of pyridine rings is 3. The van der Waals surface area contributed by atoms with E-state index in [1.807, 2.05) is 42.7 Å². The van der Waals surface area contributed by atoms with Crippen molar-refractivity contribution in [1.29, 1.82) is 0 Å². The van der Waals surface area contributed by atoms with Gasteiger partial charge < -0.3 is 4.57 Å². The van der Waals surface area contributed by atoms with Gasteiger partial charge in [0.2, 0.25) is 0 Å². The Labute approximate surface area is 323 Å². The Morgan fingerprint density at radius 3 is 1.71 bits per heavy atom. The fourth-order valence-corrected chi connectivity index (χ4v) is 8.21. The first-order valence-electron chi connectivity index (χ1n) is 18.8. The number of benzene rings is 6. The maximum atomic E-state index is 5.07. The van der Waals surface area contributed by atoms with Crippen LogP contribution in [-0.4, -0.2) is 24.1 Å². The Balaban J connectivity index is 1.08. The topological polar surface area (TPSA) is 48.5 Å². The molecule has 0 saturated heterocycles. The lowest BCUT2D eigenvalue weighted by molar-refractivity contribution is 1.14. The molecular formula is C51H33N5. The van der Waals surface area contributed by atoms with Crippen molar-refractivity contribution in [3.8, 4) is 56.3 Å². The average Bonchev–Trinajstić information content (AvgIpc) is 3.79. The van der Waals surface area contributed by atoms with Crippen LogP contribution in [0.5, 0.6) is 0 Å². The van der Waals surface area contributed by atoms with Crippen LogP contribution in [0, 0.1) is 0 Å². The molecule has 11 rings (SSSR count). The van der Waals surface area contributed by atoms with Crippen molar-refractivity contribution in [2.45, 2.75) is 0 Å². The minimum atomic E-state index is 0.832. The quantitative estimate of drug-likeness (QED) is 0.172. The number of aromatic nitrogens is 5. The minimum absolute atomic E-state index is 0.832. The maximum Gasteiger partial charge on any atom is 0.145 e. The molecule has 0 fully saturated rings. The van der Waals surface area contributed by atoms with Gasteiger partial charge in [-0.15, -0.1) is 0 Å². The summed E-state index contributed by atoms with van der Waals surface area (Å²) in [7, 11) is 0. The molecule has 11 aromatic rings. The monoisotopic (exact) mass is 715 g/mol. The van der Waals surface area contributed by atoms with E-state index in [9.17, 15) is 0 Å². The molecule has 0 aliphatic rings. The zero-order chi connectivity index (χ0) is 37.0. The second kappa shape index (κ2) is 13.0. The molecule has 0 atom stereocenters. The van der Waals surface area contributed by atoms with Crippen molar-refractivity contribution in [3.63, 3.8) is 0 Å². The van der Waals surface area contributed by atoms with Gasteiger partial charge in [-0.25, -0.2) is 9.97 Å². The Bertz CT molecular complexity index is 3180. The highest BCUT2D eigenvalue weighted by molar-refractivity contribution is 6.11. The molecule has 0 radical (unpaired) electrons. The van der Waals surface area contributed by atoms with Gasteiger partial charge in [-0.05, 0) is 101 Å². The molecule has 0 saturated carbocycles. The standard InChI is InChI=1S/C51H33N5/c1-3-13-34(14-4-1)46-30-38(31-47(54-46)45-21-9-10-27-52-45)35-15-11-18-40(29-35)56-50-33-37(24-26-43(50)44-20-12-28-53-51(44)56)36-23-25-42-41-19-7-8-22-48(41)55(49(42)32-36)39-16-5-2-6-17-39/h1-33H. The summed E-state index contributed by atoms with van der Waals surface area (Å²) in [5, 5.41) is 4.76. The van der Waals surface area contributed by atoms with Gasteiger partial charge in [0.1, 0.15) is 5.65 Å². The van der Waals surface area contributed by atoms with Crippen LogP contribution < -0.4 is 0 Å². The van der Waals surface area contributed by atoms with E-state index in [0.717, 1.165) is 78.2 Å². The van der Waals surface area contributed by atoms with Crippen LogP contribution in [0.15, 0.2) is 200 Å². The highest BCUT2D eigenvalue weighted by Crippen LogP contribution is 2.38. The van der Waals surface area contributed by atoms with Gasteiger partial charge in [0, 0.05) is 50.9 Å². The molecule has 5 nitrogen and oxygen atoms in total. The predicted octanol–water partition coefficient (Wildman–Crippen LogP) is 12.7. The zero-order valence-corrected chi connectivity index (χ0v) is 30.3. The van der Waals surface area contributed by atoms with Crippen LogP contribution in [0.4, 0.5) is 0 Å². The summed E-state index contributed by atoms with van der Waals surface area (Å²) in [6.07, 6.45) is 3.70. The van der Waals surface area contributed by atoms with E-state index in [1.165, 1.54) is 21.8 Å². The molecule has 5 aromatic heterocycles. The maximum absolute atomic E-state index is 5.07. The lowest BCUT2D eigenvalue weighted by atomic mass is 10.0. The van der Waals surface area contributed by atoms with Gasteiger partial charge >= 0.3 is 0 Å². The molecule has 0 bridgehead atoms. The summed E-state index contributed by atoms with van der Waals surface area (Å²) in [5.74, 6) is 0. The van der Waals surface area contributed by atoms with E-state index in [0.29, 0.717) is 0 Å². The SMILES string of the molecule is c1ccc(-c2cc(-c3cccc(-n4c5cc(-c6ccc7c8ccccc8n(-c8ccccc8)c7c6)ccc5c5cccnc54)c3)cc(-c3ccccn3)n2)cc1. The second-order valence-electron chi connectivity index (χ2n) is 14.1. The second-order valence-corrected chi connectivity index (χ2v) is 14.1. The Hall–Kier alpha value is -7.63. The van der Waals surface area contributed by atoms with Gasteiger partial charge in [0.15, 0.2) is 0 Å². The fourth-order valence-electron chi connectivity index (χ4n) is 8.21. The van der Waals surface area contributed by atoms with E-state index in [-0.39, 0.29) is 0 Å². The number of nitrogens with zero attached hydrogens (tertiary/aromatic N) is 5. The lowest BCUT2D eigenvalue weighted by Crippen LogP contribution is -1.97. The number of para-hydroxylation sites is 2. The van der Waals surface area contributed by atoms with Crippen LogP contribution >= 0.6 is 0 Å². The molecule has 0 spiro atoms. The number of hydrogen-bond donors (Lipinski definition) is 0. The van der Waals surface area contributed by atoms with Crippen LogP contribution in [0.25, 0.3) is 100 Å². The van der Waals surface area contributed by atoms with Gasteiger partial charge in [-0.1, -0.05) is 109 Å². The molecule has 0 unspecified atom stereocenters. The first kappa shape index (κ1) is 31.9. The third kappa shape index (κ3) is 5.29. The van der Waals surface area contributed by atoms with Crippen LogP contribution in [0.3, 0.4) is 0 Å². The van der Waals surface area contributed by atoms with Crippen molar-refractivity contribution in [1.82, 2.24) is 24.1 Å². The van der Waals surface area contributed by atoms with E-state index in [2.05, 4.69) is 172 Å². The molecule has 6 aromatic carbocycles. The summed E-state index contributed by atoms with van der Waals surface area (Å²) in [6.45, 7) is 0. The number of fused-ring (bicyclic) bond motifs is 6. The molecule has 0 aliphatic carbocycles. The Morgan fingerprint density at radius 2 is 0.911 bits per heavy atom. The lowest BCUT2D eigenvalue weighted by Gasteiger charge is -2.13. The third-order valence-corrected chi connectivity index (χ3v) is 10.8. The van der Waals surface area contributed by atoms with Gasteiger partial charge in [0.25, 0.3) is 0 Å². The molecule has 0 aliphatic heterocycles. The van der Waals surface area contributed by atoms with Crippen molar-refractivity contribution < 1.29 is 0 Å². The normalized spacial score (nSPS) is 11.6. The van der Waals surface area contributed by atoms with Crippen molar-refractivity contribution in [2.24, 2.45) is 0 Å². The average molecular weight is 716 g/mol. The van der Waals surface area contributed by atoms with E-state index < -0.39 is 0 Å². The van der Waals surface area contributed by atoms with E-state index in [1.54, 1.807) is 0 Å². The fraction of sp³-hybridized carbons (Fsp3) is 0. The Kier molecular flexibility index (Phi) is 7.42. The first-order valence-corrected chi connectivity index (χ1v) is 18.8. The largest absolute Gasteiger partial charge is 0.309 e. The molecule has 262 valence electrons. The highest BCUT2D eigenvalue weighted by atomic mass is 15.0. The van der Waals surface area contributed by atoms with Crippen molar-refractivity contribution in [3.05, 3.63) is 200 Å². The van der Waals surface area contributed by atoms with E-state index >= 15 is 0 Å². The smallest absolute Gasteiger partial charge is 0.145 e. The van der Waals surface area contributed by atoms with Crippen molar-refractivity contribution >= 4 is 43.7 Å². The number of hydrogen-bond acceptors (Lipinski definition) is 3. The molecular weight excluding hydrogens is 683 g/mol. The summed E-state index contributed by atoms with van der Waals surface area (Å²) in [4.78, 5) is 14.7. The zero-order valence-electron chi connectivity index (χ0n) is 30.3. The molecule has 56 heavy (non-hydrogen) atoms. The van der Waals surface area contributed by atoms with Crippen LogP contribution in [0.1, 0.15) is 0 Å². The Morgan fingerprint density at radius 1 is 0.304 bits per heavy atom. The van der Waals surface area contributed by atoms with Crippen molar-refractivity contribution in [2.75, 3.05) is 0 Å². The summed E-state index contributed by atoms with van der Waals surface area (Å²) in [5.41, 5.74) is 14.7. The minimum Gasteiger partial charge on any atom is -0.309 e. The molecule has 0 N–H and O–H groups in total. The highest BCUT2D eigenvalue weighted by Gasteiger charge is 2.18. The van der Waals surface area contributed by atoms with Crippen LogP contribution in [-0.2, 0) is 0 Å². The molecule has 5 heteroatoms. The van der Waals surface area contributed by atoms with Gasteiger partial charge in [-0.2, -0.15) is 0 Å². The first-order chi connectivity index (χ1) is 27.8. The van der Waals surface area contributed by atoms with Crippen LogP contribution in [0.2, 0.25) is 0 Å². The molecule has 0 amide bonds. The third-order valence-electron chi connectivity index (χ3n) is 10.8. The number of rotatable bonds is 6. The predicted molar refractivity (Wildman–Crippen MR) is 230 cm³/mol. The summed E-state index contributed by atoms with van der Waals surface area (Å²) in [6, 6.07) is 66.5. The van der Waals surface area contributed by atoms with Gasteiger partial charge in [-0.3, -0.25) is 9.55 Å². The summed E-state index contributed by atoms with van der Waals surface area (Å²) >= 11 is 0. The molecule has 5 heterocycles. The van der Waals surface area contributed by atoms with E-state index in [4.69, 9.17) is 9.97 Å². The summed E-state index contributed by atoms with van der Waals surface area (Å²) < 4.78 is 4.68. The van der Waals surface area contributed by atoms with Gasteiger partial charge in [0.05, 0.1) is 33.6 Å².